The molecule has 0 aliphatic heterocycles. The monoisotopic (exact) mass is 417 g/mol. The highest BCUT2D eigenvalue weighted by Gasteiger charge is 2.10. The van der Waals surface area contributed by atoms with Gasteiger partial charge < -0.3 is 21.1 Å². The van der Waals surface area contributed by atoms with E-state index in [1.807, 2.05) is 24.3 Å². The zero-order chi connectivity index (χ0) is 19.9. The summed E-state index contributed by atoms with van der Waals surface area (Å²) in [5, 5.41) is 7.34. The lowest BCUT2D eigenvalue weighted by atomic mass is 10.3. The van der Waals surface area contributed by atoms with Crippen LogP contribution in [0, 0.1) is 0 Å². The van der Waals surface area contributed by atoms with Gasteiger partial charge >= 0.3 is 0 Å². The summed E-state index contributed by atoms with van der Waals surface area (Å²) < 4.78 is 5.67. The Balaban J connectivity index is 1.72. The van der Waals surface area contributed by atoms with Gasteiger partial charge in [0.05, 0.1) is 6.61 Å². The fourth-order valence-corrected chi connectivity index (χ4v) is 2.99. The first kappa shape index (κ1) is 20.0. The van der Waals surface area contributed by atoms with Crippen LogP contribution in [-0.4, -0.2) is 16.6 Å². The molecule has 0 bridgehead atoms. The van der Waals surface area contributed by atoms with E-state index in [0.717, 1.165) is 24.3 Å². The number of hydrogen-bond acceptors (Lipinski definition) is 6. The molecule has 3 aromatic rings. The third-order valence-electron chi connectivity index (χ3n) is 3.89. The fourth-order valence-electron chi connectivity index (χ4n) is 2.46. The lowest BCUT2D eigenvalue weighted by Crippen LogP contribution is -2.05. The number of aromatic nitrogens is 2. The van der Waals surface area contributed by atoms with Crippen molar-refractivity contribution in [3.05, 3.63) is 58.8 Å². The van der Waals surface area contributed by atoms with E-state index in [1.54, 1.807) is 18.2 Å². The number of rotatable bonds is 8. The van der Waals surface area contributed by atoms with Gasteiger partial charge in [0.15, 0.2) is 11.6 Å². The Morgan fingerprint density at radius 1 is 0.929 bits per heavy atom. The molecule has 6 nitrogen and oxygen atoms in total. The second-order valence-corrected chi connectivity index (χ2v) is 6.99. The quantitative estimate of drug-likeness (QED) is 0.387. The molecule has 0 amide bonds. The third kappa shape index (κ3) is 5.41. The van der Waals surface area contributed by atoms with Crippen molar-refractivity contribution in [1.82, 2.24) is 9.97 Å². The summed E-state index contributed by atoms with van der Waals surface area (Å²) in [5.41, 5.74) is 8.12. The Labute approximate surface area is 174 Å². The van der Waals surface area contributed by atoms with Gasteiger partial charge in [-0.05, 0) is 48.9 Å². The first-order valence-electron chi connectivity index (χ1n) is 8.88. The maximum atomic E-state index is 6.23. The van der Waals surface area contributed by atoms with Crippen LogP contribution in [0.25, 0.3) is 0 Å². The summed E-state index contributed by atoms with van der Waals surface area (Å²) in [7, 11) is 0. The van der Waals surface area contributed by atoms with Crippen LogP contribution in [-0.2, 0) is 0 Å². The molecule has 146 valence electrons. The maximum Gasteiger partial charge on any atom is 0.159 e. The first-order chi connectivity index (χ1) is 13.5. The van der Waals surface area contributed by atoms with Gasteiger partial charge in [0.25, 0.3) is 0 Å². The van der Waals surface area contributed by atoms with Crippen LogP contribution in [0.5, 0.6) is 5.75 Å². The standard InChI is InChI=1S/C20H21Cl2N5O/c1-2-3-8-28-17-6-4-15(5-7-17)26-19-18(23)20(25-12-24-19)27-16-10-13(21)9-14(22)11-16/h4-7,9-12H,2-3,8,23H2,1H3,(H2,24,25,26,27). The van der Waals surface area contributed by atoms with E-state index < -0.39 is 0 Å². The van der Waals surface area contributed by atoms with Crippen molar-refractivity contribution in [2.75, 3.05) is 23.0 Å². The minimum absolute atomic E-state index is 0.377. The third-order valence-corrected chi connectivity index (χ3v) is 4.33. The molecular formula is C20H21Cl2N5O. The van der Waals surface area contributed by atoms with E-state index in [4.69, 9.17) is 33.7 Å². The van der Waals surface area contributed by atoms with E-state index in [-0.39, 0.29) is 0 Å². The summed E-state index contributed by atoms with van der Waals surface area (Å²) in [6, 6.07) is 12.8. The molecule has 0 atom stereocenters. The Morgan fingerprint density at radius 2 is 1.54 bits per heavy atom. The number of ether oxygens (including phenoxy) is 1. The molecule has 1 heterocycles. The van der Waals surface area contributed by atoms with Crippen molar-refractivity contribution in [2.24, 2.45) is 0 Å². The average Bonchev–Trinajstić information content (AvgIpc) is 2.66. The number of nitrogen functional groups attached to an aromatic ring is 1. The Morgan fingerprint density at radius 3 is 2.14 bits per heavy atom. The summed E-state index contributed by atoms with van der Waals surface area (Å²) in [5.74, 6) is 1.77. The van der Waals surface area contributed by atoms with Crippen molar-refractivity contribution in [2.45, 2.75) is 19.8 Å². The normalized spacial score (nSPS) is 10.5. The smallest absolute Gasteiger partial charge is 0.159 e. The second kappa shape index (κ2) is 9.48. The summed E-state index contributed by atoms with van der Waals surface area (Å²) in [6.07, 6.45) is 3.56. The molecule has 4 N–H and O–H groups in total. The van der Waals surface area contributed by atoms with Gasteiger partial charge in [-0.1, -0.05) is 36.5 Å². The Kier molecular flexibility index (Phi) is 6.79. The van der Waals surface area contributed by atoms with Crippen LogP contribution < -0.4 is 21.1 Å². The predicted octanol–water partition coefficient (Wildman–Crippen LogP) is 6.03. The zero-order valence-corrected chi connectivity index (χ0v) is 16.9. The number of nitrogens with two attached hydrogens (primary N) is 1. The van der Waals surface area contributed by atoms with Gasteiger partial charge in [0, 0.05) is 21.4 Å². The SMILES string of the molecule is CCCCOc1ccc(Nc2ncnc(Nc3cc(Cl)cc(Cl)c3)c2N)cc1. The molecule has 0 radical (unpaired) electrons. The van der Waals surface area contributed by atoms with Crippen molar-refractivity contribution < 1.29 is 4.74 Å². The van der Waals surface area contributed by atoms with Crippen LogP contribution in [0.2, 0.25) is 10.0 Å². The van der Waals surface area contributed by atoms with Gasteiger partial charge in [-0.25, -0.2) is 9.97 Å². The highest BCUT2D eigenvalue weighted by molar-refractivity contribution is 6.35. The van der Waals surface area contributed by atoms with Gasteiger partial charge in [-0.15, -0.1) is 0 Å². The molecule has 2 aromatic carbocycles. The lowest BCUT2D eigenvalue weighted by Gasteiger charge is -2.13. The molecule has 0 fully saturated rings. The minimum atomic E-state index is 0.377. The van der Waals surface area contributed by atoms with Crippen molar-refractivity contribution in [3.8, 4) is 5.75 Å². The largest absolute Gasteiger partial charge is 0.494 e. The molecule has 0 saturated heterocycles. The second-order valence-electron chi connectivity index (χ2n) is 6.12. The van der Waals surface area contributed by atoms with Crippen molar-refractivity contribution >= 4 is 51.9 Å². The number of halogens is 2. The number of nitrogens with one attached hydrogen (secondary N) is 2. The number of unbranched alkanes of at least 4 members (excludes halogenated alkanes) is 1. The Hall–Kier alpha value is -2.70. The predicted molar refractivity (Wildman–Crippen MR) is 116 cm³/mol. The van der Waals surface area contributed by atoms with E-state index in [9.17, 15) is 0 Å². The first-order valence-corrected chi connectivity index (χ1v) is 9.64. The van der Waals surface area contributed by atoms with Crippen molar-refractivity contribution in [1.29, 1.82) is 0 Å². The van der Waals surface area contributed by atoms with Gasteiger partial charge in [-0.3, -0.25) is 0 Å². The number of hydrogen-bond donors (Lipinski definition) is 3. The molecular weight excluding hydrogens is 397 g/mol. The van der Waals surface area contributed by atoms with E-state index >= 15 is 0 Å². The van der Waals surface area contributed by atoms with E-state index in [0.29, 0.717) is 39.7 Å². The number of anilines is 5. The van der Waals surface area contributed by atoms with E-state index in [1.165, 1.54) is 6.33 Å². The Bertz CT molecular complexity index is 914. The summed E-state index contributed by atoms with van der Waals surface area (Å²) in [4.78, 5) is 8.42. The van der Waals surface area contributed by atoms with Crippen LogP contribution >= 0.6 is 23.2 Å². The van der Waals surface area contributed by atoms with Crippen LogP contribution in [0.3, 0.4) is 0 Å². The summed E-state index contributed by atoms with van der Waals surface area (Å²) in [6.45, 7) is 2.84. The molecule has 1 aromatic heterocycles. The van der Waals surface area contributed by atoms with Crippen LogP contribution in [0.4, 0.5) is 28.7 Å². The molecule has 0 unspecified atom stereocenters. The van der Waals surface area contributed by atoms with Crippen LogP contribution in [0.15, 0.2) is 48.8 Å². The van der Waals surface area contributed by atoms with Gasteiger partial charge in [-0.2, -0.15) is 0 Å². The zero-order valence-electron chi connectivity index (χ0n) is 15.4. The highest BCUT2D eigenvalue weighted by Crippen LogP contribution is 2.30. The molecule has 0 spiro atoms. The van der Waals surface area contributed by atoms with Gasteiger partial charge in [0.1, 0.15) is 17.8 Å². The molecule has 0 aliphatic carbocycles. The lowest BCUT2D eigenvalue weighted by molar-refractivity contribution is 0.309. The minimum Gasteiger partial charge on any atom is -0.494 e. The van der Waals surface area contributed by atoms with Crippen molar-refractivity contribution in [3.63, 3.8) is 0 Å². The van der Waals surface area contributed by atoms with E-state index in [2.05, 4.69) is 27.5 Å². The number of benzene rings is 2. The molecule has 0 saturated carbocycles. The molecule has 8 heteroatoms. The van der Waals surface area contributed by atoms with Gasteiger partial charge in [0.2, 0.25) is 0 Å². The number of nitrogens with zero attached hydrogens (tertiary/aromatic N) is 2. The summed E-state index contributed by atoms with van der Waals surface area (Å²) >= 11 is 12.1. The molecule has 0 aliphatic rings. The molecule has 3 rings (SSSR count). The maximum absolute atomic E-state index is 6.23. The molecule has 28 heavy (non-hydrogen) atoms. The highest BCUT2D eigenvalue weighted by atomic mass is 35.5. The average molecular weight is 418 g/mol. The van der Waals surface area contributed by atoms with Crippen LogP contribution in [0.1, 0.15) is 19.8 Å². The fraction of sp³-hybridized carbons (Fsp3) is 0.200. The topological polar surface area (TPSA) is 85.1 Å².